The average molecular weight is 700 g/mol. The fourth-order valence-electron chi connectivity index (χ4n) is 7.33. The van der Waals surface area contributed by atoms with Crippen LogP contribution in [-0.2, 0) is 33.6 Å². The van der Waals surface area contributed by atoms with Crippen LogP contribution in [0.3, 0.4) is 0 Å². The third-order valence-corrected chi connectivity index (χ3v) is 9.94. The zero-order valence-electron chi connectivity index (χ0n) is 30.6. The first-order chi connectivity index (χ1) is 24.5. The highest BCUT2D eigenvalue weighted by Crippen LogP contribution is 2.32. The lowest BCUT2D eigenvalue weighted by molar-refractivity contribution is -0.124. The van der Waals surface area contributed by atoms with Gasteiger partial charge in [-0.25, -0.2) is 0 Å². The molecule has 2 amide bonds. The molecular weight excluding hydrogens is 642 g/mol. The van der Waals surface area contributed by atoms with Crippen LogP contribution in [0.4, 0.5) is 0 Å². The van der Waals surface area contributed by atoms with Crippen LogP contribution in [0, 0.1) is 11.8 Å². The third kappa shape index (κ3) is 12.5. The maximum atomic E-state index is 13.7. The molecule has 2 aliphatic rings. The van der Waals surface area contributed by atoms with Gasteiger partial charge in [-0.2, -0.15) is 0 Å². The number of ether oxygens (including phenoxy) is 2. The number of amides is 2. The number of morpholine rings is 1. The van der Waals surface area contributed by atoms with Gasteiger partial charge in [-0.3, -0.25) is 14.5 Å². The molecule has 9 nitrogen and oxygen atoms in total. The molecule has 276 valence electrons. The molecule has 0 radical (unpaired) electrons. The second kappa shape index (κ2) is 18.6. The van der Waals surface area contributed by atoms with Crippen molar-refractivity contribution in [3.8, 4) is 5.75 Å². The van der Waals surface area contributed by atoms with E-state index in [4.69, 9.17) is 9.47 Å². The van der Waals surface area contributed by atoms with Gasteiger partial charge in [0.2, 0.25) is 11.8 Å². The molecule has 3 unspecified atom stereocenters. The molecule has 3 aromatic rings. The number of nitrogens with zero attached hydrogens (tertiary/aromatic N) is 1. The zero-order chi connectivity index (χ0) is 36.2. The molecule has 1 aliphatic heterocycles. The largest absolute Gasteiger partial charge is 0.492 e. The van der Waals surface area contributed by atoms with E-state index in [1.165, 1.54) is 0 Å². The van der Waals surface area contributed by atoms with Crippen LogP contribution in [0.15, 0.2) is 78.9 Å². The van der Waals surface area contributed by atoms with Crippen LogP contribution in [0.2, 0.25) is 0 Å². The number of hydrogen-bond donors (Lipinski definition) is 4. The van der Waals surface area contributed by atoms with Crippen molar-refractivity contribution < 1.29 is 29.3 Å². The topological polar surface area (TPSA) is 120 Å². The number of carbonyl (C=O) groups excluding carboxylic acids is 2. The van der Waals surface area contributed by atoms with Gasteiger partial charge >= 0.3 is 0 Å². The van der Waals surface area contributed by atoms with Gasteiger partial charge in [0.15, 0.2) is 0 Å². The minimum atomic E-state index is -0.731. The molecule has 9 heteroatoms. The lowest BCUT2D eigenvalue weighted by Crippen LogP contribution is -2.41. The van der Waals surface area contributed by atoms with Gasteiger partial charge in [-0.1, -0.05) is 66.7 Å². The summed E-state index contributed by atoms with van der Waals surface area (Å²) in [6.45, 7) is 10.7. The molecule has 1 heterocycles. The van der Waals surface area contributed by atoms with Crippen molar-refractivity contribution in [3.63, 3.8) is 0 Å². The summed E-state index contributed by atoms with van der Waals surface area (Å²) in [6, 6.07) is 25.5. The van der Waals surface area contributed by atoms with Crippen LogP contribution in [0.5, 0.6) is 5.75 Å². The Morgan fingerprint density at radius 2 is 1.61 bits per heavy atom. The Hall–Kier alpha value is -3.76. The van der Waals surface area contributed by atoms with E-state index in [0.29, 0.717) is 45.1 Å². The van der Waals surface area contributed by atoms with E-state index in [2.05, 4.69) is 27.7 Å². The zero-order valence-corrected chi connectivity index (χ0v) is 30.6. The number of aliphatic hydroxyl groups is 2. The van der Waals surface area contributed by atoms with Gasteiger partial charge in [0.1, 0.15) is 12.4 Å². The molecule has 0 saturated carbocycles. The molecule has 5 rings (SSSR count). The molecule has 4 N–H and O–H groups in total. The van der Waals surface area contributed by atoms with Crippen molar-refractivity contribution in [3.05, 3.63) is 101 Å². The summed E-state index contributed by atoms with van der Waals surface area (Å²) in [5.41, 5.74) is 3.82. The minimum Gasteiger partial charge on any atom is -0.492 e. The Bertz CT molecular complexity index is 1520. The van der Waals surface area contributed by atoms with E-state index in [0.717, 1.165) is 60.9 Å². The fourth-order valence-corrected chi connectivity index (χ4v) is 7.33. The summed E-state index contributed by atoms with van der Waals surface area (Å²) in [7, 11) is 0. The van der Waals surface area contributed by atoms with E-state index >= 15 is 0 Å². The van der Waals surface area contributed by atoms with E-state index in [-0.39, 0.29) is 35.6 Å². The number of rotatable bonds is 17. The van der Waals surface area contributed by atoms with Gasteiger partial charge in [0.25, 0.3) is 0 Å². The van der Waals surface area contributed by atoms with Crippen molar-refractivity contribution in [2.75, 3.05) is 39.5 Å². The number of fused-ring (bicyclic) bond motifs is 1. The summed E-state index contributed by atoms with van der Waals surface area (Å²) in [6.07, 6.45) is 1.74. The van der Waals surface area contributed by atoms with Crippen LogP contribution in [0.1, 0.15) is 74.8 Å². The van der Waals surface area contributed by atoms with E-state index in [9.17, 15) is 19.8 Å². The molecule has 3 aromatic carbocycles. The molecule has 0 aromatic heterocycles. The summed E-state index contributed by atoms with van der Waals surface area (Å²) in [5.74, 6) is 0.260. The van der Waals surface area contributed by atoms with Crippen LogP contribution in [0.25, 0.3) is 0 Å². The van der Waals surface area contributed by atoms with Gasteiger partial charge in [0.05, 0.1) is 31.5 Å². The van der Waals surface area contributed by atoms with Gasteiger partial charge in [0, 0.05) is 44.4 Å². The lowest BCUT2D eigenvalue weighted by Gasteiger charge is -2.28. The van der Waals surface area contributed by atoms with E-state index in [1.807, 2.05) is 87.5 Å². The van der Waals surface area contributed by atoms with Gasteiger partial charge in [-0.05, 0) is 92.7 Å². The van der Waals surface area contributed by atoms with Crippen molar-refractivity contribution >= 4 is 11.8 Å². The molecule has 0 bridgehead atoms. The summed E-state index contributed by atoms with van der Waals surface area (Å²) in [4.78, 5) is 28.8. The molecule has 1 saturated heterocycles. The normalized spacial score (nSPS) is 19.5. The fraction of sp³-hybridized carbons (Fsp3) is 0.524. The lowest BCUT2D eigenvalue weighted by atomic mass is 9.82. The Morgan fingerprint density at radius 3 is 2.33 bits per heavy atom. The molecule has 1 aliphatic carbocycles. The highest BCUT2D eigenvalue weighted by molar-refractivity contribution is 5.77. The van der Waals surface area contributed by atoms with Crippen LogP contribution < -0.4 is 15.4 Å². The highest BCUT2D eigenvalue weighted by Gasteiger charge is 2.33. The maximum absolute atomic E-state index is 13.7. The first kappa shape index (κ1) is 38.5. The van der Waals surface area contributed by atoms with Crippen molar-refractivity contribution in [1.29, 1.82) is 0 Å². The standard InChI is InChI=1S/C42H57N3O6/c1-42(2,3)44-39(48)18-15-34(26-30-9-5-4-6-10-30)37(46)27-32(28-40(49)43-41-36-12-8-7-11-33(36)29-38(41)47)25-31-13-16-35(17-14-31)51-24-21-45-19-22-50-23-20-45/h4-14,16-17,32,34,37-38,41,46-47H,15,18-29H2,1-3H3,(H,43,49)(H,44,48)/t32?,34?,37?,38-,41-/m0/s1. The first-order valence-electron chi connectivity index (χ1n) is 18.6. The predicted molar refractivity (Wildman–Crippen MR) is 199 cm³/mol. The molecule has 0 spiro atoms. The summed E-state index contributed by atoms with van der Waals surface area (Å²) < 4.78 is 11.5. The Kier molecular flexibility index (Phi) is 14.1. The monoisotopic (exact) mass is 699 g/mol. The minimum absolute atomic E-state index is 0.0358. The number of carbonyl (C=O) groups is 2. The quantitative estimate of drug-likeness (QED) is 0.156. The smallest absolute Gasteiger partial charge is 0.220 e. The molecular formula is C42H57N3O6. The Balaban J connectivity index is 1.27. The molecule has 51 heavy (non-hydrogen) atoms. The average Bonchev–Trinajstić information content (AvgIpc) is 3.41. The van der Waals surface area contributed by atoms with E-state index < -0.39 is 18.2 Å². The van der Waals surface area contributed by atoms with E-state index in [1.54, 1.807) is 0 Å². The van der Waals surface area contributed by atoms with Crippen LogP contribution >= 0.6 is 0 Å². The first-order valence-corrected chi connectivity index (χ1v) is 18.6. The molecule has 5 atom stereocenters. The van der Waals surface area contributed by atoms with Gasteiger partial charge < -0.3 is 30.3 Å². The number of nitrogens with one attached hydrogen (secondary N) is 2. The summed E-state index contributed by atoms with van der Waals surface area (Å²) >= 11 is 0. The van der Waals surface area contributed by atoms with Crippen LogP contribution in [-0.4, -0.2) is 84.1 Å². The Morgan fingerprint density at radius 1 is 0.922 bits per heavy atom. The number of hydrogen-bond acceptors (Lipinski definition) is 7. The van der Waals surface area contributed by atoms with Crippen molar-refractivity contribution in [2.45, 2.75) is 89.5 Å². The SMILES string of the molecule is CC(C)(C)NC(=O)CCC(Cc1ccccc1)C(O)CC(CC(=O)N[C@H]1c2ccccc2C[C@@H]1O)Cc1ccc(OCCN2CCOCC2)cc1. The number of benzene rings is 3. The predicted octanol–water partition coefficient (Wildman–Crippen LogP) is 5.03. The maximum Gasteiger partial charge on any atom is 0.220 e. The molecule has 1 fully saturated rings. The second-order valence-corrected chi connectivity index (χ2v) is 15.3. The number of aliphatic hydroxyl groups excluding tert-OH is 2. The Labute approximate surface area is 303 Å². The second-order valence-electron chi connectivity index (χ2n) is 15.3. The third-order valence-electron chi connectivity index (χ3n) is 9.94. The summed E-state index contributed by atoms with van der Waals surface area (Å²) in [5, 5.41) is 28.8. The highest BCUT2D eigenvalue weighted by atomic mass is 16.5. The van der Waals surface area contributed by atoms with Crippen molar-refractivity contribution in [1.82, 2.24) is 15.5 Å². The van der Waals surface area contributed by atoms with Crippen molar-refractivity contribution in [2.24, 2.45) is 11.8 Å². The van der Waals surface area contributed by atoms with Gasteiger partial charge in [-0.15, -0.1) is 0 Å².